The Labute approximate surface area is 155 Å². The predicted octanol–water partition coefficient (Wildman–Crippen LogP) is 1.35. The zero-order chi connectivity index (χ0) is 19.0. The van der Waals surface area contributed by atoms with E-state index >= 15 is 0 Å². The van der Waals surface area contributed by atoms with E-state index in [-0.39, 0.29) is 10.8 Å². The number of benzene rings is 1. The van der Waals surface area contributed by atoms with Crippen molar-refractivity contribution in [3.05, 3.63) is 29.8 Å². The van der Waals surface area contributed by atoms with E-state index in [4.69, 9.17) is 0 Å². The van der Waals surface area contributed by atoms with Crippen LogP contribution in [-0.2, 0) is 14.8 Å². The van der Waals surface area contributed by atoms with Crippen LogP contribution in [0.4, 0.5) is 0 Å². The molecule has 1 amide bonds. The maximum atomic E-state index is 12.0. The summed E-state index contributed by atoms with van der Waals surface area (Å²) in [5, 5.41) is 2.92. The predicted molar refractivity (Wildman–Crippen MR) is 103 cm³/mol. The van der Waals surface area contributed by atoms with Crippen LogP contribution in [0.15, 0.2) is 34.2 Å². The SMILES string of the molecule is CN(C)CCCNC(=O)CCCCCN=C1NS(=O)(=O)c2ccccc21. The van der Waals surface area contributed by atoms with Gasteiger partial charge in [0.05, 0.1) is 4.90 Å². The molecule has 0 aliphatic carbocycles. The number of sulfonamides is 1. The van der Waals surface area contributed by atoms with Gasteiger partial charge in [0.15, 0.2) is 0 Å². The normalized spacial score (nSPS) is 16.5. The molecule has 26 heavy (non-hydrogen) atoms. The molecule has 0 aromatic heterocycles. The van der Waals surface area contributed by atoms with Crippen molar-refractivity contribution in [3.8, 4) is 0 Å². The van der Waals surface area contributed by atoms with Crippen LogP contribution in [0.25, 0.3) is 0 Å². The maximum absolute atomic E-state index is 12.0. The van der Waals surface area contributed by atoms with Gasteiger partial charge in [-0.25, -0.2) is 8.42 Å². The molecule has 1 aromatic rings. The lowest BCUT2D eigenvalue weighted by molar-refractivity contribution is -0.121. The van der Waals surface area contributed by atoms with Crippen molar-refractivity contribution in [2.45, 2.75) is 37.0 Å². The maximum Gasteiger partial charge on any atom is 0.263 e. The highest BCUT2D eigenvalue weighted by atomic mass is 32.2. The fraction of sp³-hybridized carbons (Fsp3) is 0.556. The Morgan fingerprint density at radius 1 is 1.15 bits per heavy atom. The molecule has 2 rings (SSSR count). The van der Waals surface area contributed by atoms with Gasteiger partial charge >= 0.3 is 0 Å². The second kappa shape index (κ2) is 9.68. The molecule has 144 valence electrons. The number of aliphatic imine (C=N–C) groups is 1. The van der Waals surface area contributed by atoms with Crippen molar-refractivity contribution >= 4 is 21.8 Å². The molecule has 0 atom stereocenters. The van der Waals surface area contributed by atoms with Gasteiger partial charge in [-0.2, -0.15) is 0 Å². The molecule has 0 radical (unpaired) electrons. The number of carbonyl (C=O) groups is 1. The molecule has 0 unspecified atom stereocenters. The number of carbonyl (C=O) groups excluding carboxylic acids is 1. The topological polar surface area (TPSA) is 90.9 Å². The van der Waals surface area contributed by atoms with Gasteiger partial charge in [-0.05, 0) is 52.0 Å². The van der Waals surface area contributed by atoms with Gasteiger partial charge in [0.1, 0.15) is 5.84 Å². The molecule has 0 saturated carbocycles. The molecule has 8 heteroatoms. The number of hydrogen-bond donors (Lipinski definition) is 2. The van der Waals surface area contributed by atoms with Crippen LogP contribution < -0.4 is 10.0 Å². The van der Waals surface area contributed by atoms with Gasteiger partial charge in [-0.1, -0.05) is 18.6 Å². The van der Waals surface area contributed by atoms with Gasteiger partial charge in [0.2, 0.25) is 5.91 Å². The number of nitrogens with one attached hydrogen (secondary N) is 2. The van der Waals surface area contributed by atoms with Gasteiger partial charge in [0.25, 0.3) is 10.0 Å². The molecule has 2 N–H and O–H groups in total. The Bertz CT molecular complexity index is 745. The fourth-order valence-corrected chi connectivity index (χ4v) is 3.98. The highest BCUT2D eigenvalue weighted by molar-refractivity contribution is 7.90. The molecule has 1 aliphatic heterocycles. The average molecular weight is 381 g/mol. The van der Waals surface area contributed by atoms with Crippen LogP contribution in [-0.4, -0.2) is 58.8 Å². The summed E-state index contributed by atoms with van der Waals surface area (Å²) in [6.45, 7) is 2.22. The van der Waals surface area contributed by atoms with Gasteiger partial charge in [-0.15, -0.1) is 0 Å². The molecule has 0 fully saturated rings. The summed E-state index contributed by atoms with van der Waals surface area (Å²) in [6.07, 6.45) is 3.99. The number of unbranched alkanes of at least 4 members (excludes halogenated alkanes) is 2. The molecule has 0 spiro atoms. The number of nitrogens with zero attached hydrogens (tertiary/aromatic N) is 2. The smallest absolute Gasteiger partial charge is 0.263 e. The molecule has 1 aliphatic rings. The quantitative estimate of drug-likeness (QED) is 0.600. The molecule has 1 heterocycles. The van der Waals surface area contributed by atoms with Crippen LogP contribution in [0.2, 0.25) is 0 Å². The van der Waals surface area contributed by atoms with E-state index in [2.05, 4.69) is 19.9 Å². The van der Waals surface area contributed by atoms with E-state index in [1.807, 2.05) is 14.1 Å². The lowest BCUT2D eigenvalue weighted by Crippen LogP contribution is -2.26. The van der Waals surface area contributed by atoms with Gasteiger partial charge in [-0.3, -0.25) is 14.5 Å². The van der Waals surface area contributed by atoms with Crippen molar-refractivity contribution in [3.63, 3.8) is 0 Å². The first kappa shape index (κ1) is 20.4. The fourth-order valence-electron chi connectivity index (χ4n) is 2.73. The lowest BCUT2D eigenvalue weighted by Gasteiger charge is -2.09. The van der Waals surface area contributed by atoms with Crippen molar-refractivity contribution in [2.24, 2.45) is 4.99 Å². The first-order valence-corrected chi connectivity index (χ1v) is 10.5. The summed E-state index contributed by atoms with van der Waals surface area (Å²) in [7, 11) is 0.562. The monoisotopic (exact) mass is 380 g/mol. The molecule has 1 aromatic carbocycles. The Morgan fingerprint density at radius 3 is 2.69 bits per heavy atom. The number of amides is 1. The summed E-state index contributed by atoms with van der Waals surface area (Å²) in [4.78, 5) is 18.5. The summed E-state index contributed by atoms with van der Waals surface area (Å²) in [6, 6.07) is 6.84. The Hall–Kier alpha value is -1.93. The molecular formula is C18H28N4O3S. The van der Waals surface area contributed by atoms with Crippen molar-refractivity contribution < 1.29 is 13.2 Å². The van der Waals surface area contributed by atoms with Crippen molar-refractivity contribution in [1.29, 1.82) is 0 Å². The Kier molecular flexibility index (Phi) is 7.59. The minimum Gasteiger partial charge on any atom is -0.356 e. The first-order valence-electron chi connectivity index (χ1n) is 8.98. The third-order valence-corrected chi connectivity index (χ3v) is 5.50. The van der Waals surface area contributed by atoms with Crippen molar-refractivity contribution in [1.82, 2.24) is 14.9 Å². The number of hydrogen-bond acceptors (Lipinski definition) is 5. The van der Waals surface area contributed by atoms with E-state index in [1.54, 1.807) is 24.3 Å². The minimum absolute atomic E-state index is 0.0903. The van der Waals surface area contributed by atoms with Gasteiger partial charge in [0, 0.05) is 25.1 Å². The Balaban J connectivity index is 1.64. The summed E-state index contributed by atoms with van der Waals surface area (Å²) in [5.41, 5.74) is 0.629. The van der Waals surface area contributed by atoms with Crippen LogP contribution in [0, 0.1) is 0 Å². The average Bonchev–Trinajstić information content (AvgIpc) is 2.86. The second-order valence-electron chi connectivity index (χ2n) is 6.65. The minimum atomic E-state index is -3.47. The molecule has 0 saturated heterocycles. The zero-order valence-electron chi connectivity index (χ0n) is 15.5. The molecule has 0 bridgehead atoms. The Morgan fingerprint density at radius 2 is 1.92 bits per heavy atom. The molecule has 7 nitrogen and oxygen atoms in total. The largest absolute Gasteiger partial charge is 0.356 e. The van der Waals surface area contributed by atoms with Gasteiger partial charge < -0.3 is 10.2 Å². The van der Waals surface area contributed by atoms with E-state index in [1.165, 1.54) is 0 Å². The van der Waals surface area contributed by atoms with E-state index in [0.29, 0.717) is 30.9 Å². The van der Waals surface area contributed by atoms with Crippen LogP contribution in [0.3, 0.4) is 0 Å². The summed E-state index contributed by atoms with van der Waals surface area (Å²) < 4.78 is 26.5. The third-order valence-electron chi connectivity index (χ3n) is 4.10. The van der Waals surface area contributed by atoms with Crippen molar-refractivity contribution in [2.75, 3.05) is 33.7 Å². The van der Waals surface area contributed by atoms with E-state index in [0.717, 1.165) is 32.2 Å². The zero-order valence-corrected chi connectivity index (χ0v) is 16.3. The van der Waals surface area contributed by atoms with Crippen LogP contribution >= 0.6 is 0 Å². The van der Waals surface area contributed by atoms with Crippen LogP contribution in [0.5, 0.6) is 0 Å². The standard InChI is InChI=1S/C18H28N4O3S/c1-22(2)14-8-13-19-17(23)11-4-3-7-12-20-18-15-9-5-6-10-16(15)26(24,25)21-18/h5-6,9-10H,3-4,7-8,11-14H2,1-2H3,(H,19,23)(H,20,21). The lowest BCUT2D eigenvalue weighted by atomic mass is 10.2. The first-order chi connectivity index (χ1) is 12.4. The summed E-state index contributed by atoms with van der Waals surface area (Å²) in [5.74, 6) is 0.506. The van der Waals surface area contributed by atoms with E-state index < -0.39 is 10.0 Å². The van der Waals surface area contributed by atoms with E-state index in [9.17, 15) is 13.2 Å². The highest BCUT2D eigenvalue weighted by Crippen LogP contribution is 2.22. The summed E-state index contributed by atoms with van der Waals surface area (Å²) >= 11 is 0. The number of rotatable bonds is 10. The highest BCUT2D eigenvalue weighted by Gasteiger charge is 2.29. The molecular weight excluding hydrogens is 352 g/mol. The third kappa shape index (κ3) is 6.10. The van der Waals surface area contributed by atoms with Crippen LogP contribution in [0.1, 0.15) is 37.7 Å². The number of fused-ring (bicyclic) bond motifs is 1. The second-order valence-corrected chi connectivity index (χ2v) is 8.30. The number of amidine groups is 1.